The van der Waals surface area contributed by atoms with E-state index in [9.17, 15) is 0 Å². The van der Waals surface area contributed by atoms with Crippen LogP contribution < -0.4 is 0 Å². The van der Waals surface area contributed by atoms with Gasteiger partial charge in [-0.3, -0.25) is 19.6 Å². The van der Waals surface area contributed by atoms with Crippen LogP contribution in [0.25, 0.3) is 0 Å². The molecule has 0 radical (unpaired) electrons. The summed E-state index contributed by atoms with van der Waals surface area (Å²) >= 11 is 0. The number of hydrogen-bond acceptors (Lipinski definition) is 4. The summed E-state index contributed by atoms with van der Waals surface area (Å²) in [6.07, 6.45) is 0. The molecule has 0 aromatic heterocycles. The van der Waals surface area contributed by atoms with Crippen molar-refractivity contribution < 1.29 is 0 Å². The smallest absolute Gasteiger partial charge is 0.0351 e. The van der Waals surface area contributed by atoms with Crippen molar-refractivity contribution in [3.63, 3.8) is 0 Å². The number of fused-ring (bicyclic) bond motifs is 1. The SMILES string of the molecule is CC(C)(C)N1CC(N2CC3CN(C4CN(C(C)(C)C)C4)CC3C2)C1. The van der Waals surface area contributed by atoms with Gasteiger partial charge >= 0.3 is 0 Å². The van der Waals surface area contributed by atoms with Crippen LogP contribution in [-0.2, 0) is 0 Å². The molecule has 4 rings (SSSR count). The van der Waals surface area contributed by atoms with Crippen molar-refractivity contribution in [2.24, 2.45) is 11.8 Å². The van der Waals surface area contributed by atoms with Gasteiger partial charge in [0, 0.05) is 75.5 Å². The van der Waals surface area contributed by atoms with E-state index in [0.29, 0.717) is 11.1 Å². The average molecular weight is 335 g/mol. The third-order valence-corrected chi connectivity index (χ3v) is 7.20. The molecule has 4 nitrogen and oxygen atoms in total. The van der Waals surface area contributed by atoms with Gasteiger partial charge in [-0.05, 0) is 53.4 Å². The molecule has 24 heavy (non-hydrogen) atoms. The van der Waals surface area contributed by atoms with Gasteiger partial charge in [-0.1, -0.05) is 0 Å². The number of hydrogen-bond donors (Lipinski definition) is 0. The van der Waals surface area contributed by atoms with Crippen molar-refractivity contribution in [3.05, 3.63) is 0 Å². The highest BCUT2D eigenvalue weighted by Gasteiger charge is 2.48. The van der Waals surface area contributed by atoms with E-state index in [1.54, 1.807) is 0 Å². The number of rotatable bonds is 2. The second-order valence-corrected chi connectivity index (χ2v) is 10.9. The summed E-state index contributed by atoms with van der Waals surface area (Å²) in [7, 11) is 0. The average Bonchev–Trinajstić information content (AvgIpc) is 2.78. The lowest BCUT2D eigenvalue weighted by molar-refractivity contribution is -0.0282. The minimum Gasteiger partial charge on any atom is -0.297 e. The second-order valence-electron chi connectivity index (χ2n) is 10.9. The van der Waals surface area contributed by atoms with Gasteiger partial charge in [0.1, 0.15) is 0 Å². The number of nitrogens with zero attached hydrogens (tertiary/aromatic N) is 4. The summed E-state index contributed by atoms with van der Waals surface area (Å²) in [6.45, 7) is 24.7. The third kappa shape index (κ3) is 3.04. The minimum atomic E-state index is 0.353. The fourth-order valence-electron chi connectivity index (χ4n) is 5.13. The van der Waals surface area contributed by atoms with E-state index in [1.165, 1.54) is 52.4 Å². The molecule has 4 heterocycles. The van der Waals surface area contributed by atoms with E-state index in [4.69, 9.17) is 0 Å². The first-order valence-electron chi connectivity index (χ1n) is 10.1. The maximum atomic E-state index is 2.82. The zero-order valence-electron chi connectivity index (χ0n) is 16.8. The molecule has 0 unspecified atom stereocenters. The van der Waals surface area contributed by atoms with Crippen LogP contribution >= 0.6 is 0 Å². The summed E-state index contributed by atoms with van der Waals surface area (Å²) in [5.74, 6) is 1.88. The van der Waals surface area contributed by atoms with Gasteiger partial charge < -0.3 is 0 Å². The van der Waals surface area contributed by atoms with Gasteiger partial charge in [0.2, 0.25) is 0 Å². The van der Waals surface area contributed by atoms with Crippen LogP contribution in [0.4, 0.5) is 0 Å². The van der Waals surface area contributed by atoms with Crippen LogP contribution in [0.5, 0.6) is 0 Å². The van der Waals surface area contributed by atoms with E-state index >= 15 is 0 Å². The largest absolute Gasteiger partial charge is 0.297 e. The Balaban J connectivity index is 1.22. The molecule has 0 N–H and O–H groups in total. The van der Waals surface area contributed by atoms with Gasteiger partial charge in [0.25, 0.3) is 0 Å². The molecular formula is C20H38N4. The summed E-state index contributed by atoms with van der Waals surface area (Å²) < 4.78 is 0. The molecule has 0 bridgehead atoms. The Morgan fingerprint density at radius 2 is 0.792 bits per heavy atom. The predicted octanol–water partition coefficient (Wildman–Crippen LogP) is 1.82. The first-order valence-corrected chi connectivity index (χ1v) is 10.1. The summed E-state index contributed by atoms with van der Waals surface area (Å²) in [5, 5.41) is 0. The van der Waals surface area contributed by atoms with Crippen molar-refractivity contribution in [1.29, 1.82) is 0 Å². The van der Waals surface area contributed by atoms with Crippen LogP contribution in [-0.4, -0.2) is 95.1 Å². The molecule has 0 saturated carbocycles. The van der Waals surface area contributed by atoms with Crippen LogP contribution in [0, 0.1) is 11.8 Å². The fourth-order valence-corrected chi connectivity index (χ4v) is 5.13. The standard InChI is InChI=1S/C20H38N4/c1-19(2,3)23-11-17(12-23)21-7-15-9-22(10-16(15)8-21)18-13-24(14-18)20(4,5)6/h15-18H,7-14H2,1-6H3. The minimum absolute atomic E-state index is 0.353. The Morgan fingerprint density at radius 3 is 1.04 bits per heavy atom. The Kier molecular flexibility index (Phi) is 4.08. The maximum Gasteiger partial charge on any atom is 0.0351 e. The number of likely N-dealkylation sites (tertiary alicyclic amines) is 4. The lowest BCUT2D eigenvalue weighted by Crippen LogP contribution is -2.65. The molecular weight excluding hydrogens is 296 g/mol. The van der Waals surface area contributed by atoms with Crippen molar-refractivity contribution in [1.82, 2.24) is 19.6 Å². The molecule has 138 valence electrons. The Labute approximate surface area is 149 Å². The fraction of sp³-hybridized carbons (Fsp3) is 1.00. The van der Waals surface area contributed by atoms with E-state index in [-0.39, 0.29) is 0 Å². The highest BCUT2D eigenvalue weighted by atomic mass is 15.4. The zero-order valence-corrected chi connectivity index (χ0v) is 16.8. The Morgan fingerprint density at radius 1 is 0.500 bits per heavy atom. The highest BCUT2D eigenvalue weighted by molar-refractivity contribution is 5.04. The maximum absolute atomic E-state index is 2.82. The molecule has 0 amide bonds. The van der Waals surface area contributed by atoms with Gasteiger partial charge in [-0.25, -0.2) is 0 Å². The quantitative estimate of drug-likeness (QED) is 0.763. The van der Waals surface area contributed by atoms with Crippen LogP contribution in [0.15, 0.2) is 0 Å². The van der Waals surface area contributed by atoms with E-state index in [2.05, 4.69) is 61.1 Å². The third-order valence-electron chi connectivity index (χ3n) is 7.20. The van der Waals surface area contributed by atoms with Crippen LogP contribution in [0.1, 0.15) is 41.5 Å². The molecule has 4 fully saturated rings. The molecule has 4 saturated heterocycles. The van der Waals surface area contributed by atoms with E-state index in [0.717, 1.165) is 23.9 Å². The first kappa shape index (κ1) is 17.3. The summed E-state index contributed by atoms with van der Waals surface area (Å²) in [5.41, 5.74) is 0.706. The van der Waals surface area contributed by atoms with Crippen LogP contribution in [0.2, 0.25) is 0 Å². The molecule has 4 aliphatic rings. The molecule has 0 spiro atoms. The summed E-state index contributed by atoms with van der Waals surface area (Å²) in [6, 6.07) is 1.67. The van der Waals surface area contributed by atoms with Crippen molar-refractivity contribution in [2.75, 3.05) is 52.4 Å². The second kappa shape index (κ2) is 5.67. The van der Waals surface area contributed by atoms with Crippen molar-refractivity contribution in [2.45, 2.75) is 64.7 Å². The Bertz CT molecular complexity index is 409. The molecule has 4 heteroatoms. The van der Waals surface area contributed by atoms with Crippen molar-refractivity contribution in [3.8, 4) is 0 Å². The van der Waals surface area contributed by atoms with Gasteiger partial charge in [-0.15, -0.1) is 0 Å². The lowest BCUT2D eigenvalue weighted by Gasteiger charge is -2.52. The predicted molar refractivity (Wildman–Crippen MR) is 100 cm³/mol. The molecule has 0 aromatic rings. The van der Waals surface area contributed by atoms with Crippen molar-refractivity contribution >= 4 is 0 Å². The monoisotopic (exact) mass is 334 g/mol. The normalized spacial score (nSPS) is 35.2. The molecule has 0 aromatic carbocycles. The van der Waals surface area contributed by atoms with Gasteiger partial charge in [0.15, 0.2) is 0 Å². The van der Waals surface area contributed by atoms with Crippen LogP contribution in [0.3, 0.4) is 0 Å². The Hall–Kier alpha value is -0.160. The van der Waals surface area contributed by atoms with E-state index < -0.39 is 0 Å². The molecule has 4 aliphatic heterocycles. The highest BCUT2D eigenvalue weighted by Crippen LogP contribution is 2.37. The molecule has 0 aliphatic carbocycles. The van der Waals surface area contributed by atoms with E-state index in [1.807, 2.05) is 0 Å². The van der Waals surface area contributed by atoms with Gasteiger partial charge in [-0.2, -0.15) is 0 Å². The topological polar surface area (TPSA) is 13.0 Å². The van der Waals surface area contributed by atoms with Gasteiger partial charge in [0.05, 0.1) is 0 Å². The lowest BCUT2D eigenvalue weighted by atomic mass is 9.96. The summed E-state index contributed by atoms with van der Waals surface area (Å²) in [4.78, 5) is 10.9. The zero-order chi connectivity index (χ0) is 17.3. The molecule has 0 atom stereocenters. The first-order chi connectivity index (χ1) is 11.1.